The minimum Gasteiger partial charge on any atom is -0.450 e. The summed E-state index contributed by atoms with van der Waals surface area (Å²) in [6.45, 7) is 3.58. The van der Waals surface area contributed by atoms with Crippen molar-refractivity contribution in [2.75, 3.05) is 30.3 Å². The number of hydrogen-bond acceptors (Lipinski definition) is 6. The number of ether oxygens (including phenoxy) is 1. The van der Waals surface area contributed by atoms with E-state index in [0.717, 1.165) is 23.4 Å². The summed E-state index contributed by atoms with van der Waals surface area (Å²) in [6.07, 6.45) is 3.56. The maximum Gasteiger partial charge on any atom is 0.409 e. The van der Waals surface area contributed by atoms with Gasteiger partial charge < -0.3 is 20.3 Å². The first-order valence-corrected chi connectivity index (χ1v) is 9.98. The molecule has 0 spiro atoms. The second-order valence-corrected chi connectivity index (χ2v) is 7.37. The lowest BCUT2D eigenvalue weighted by Crippen LogP contribution is -2.42. The number of amides is 2. The summed E-state index contributed by atoms with van der Waals surface area (Å²) in [5, 5.41) is 8.21. The molecule has 2 aromatic heterocycles. The maximum absolute atomic E-state index is 12.0. The van der Waals surface area contributed by atoms with Gasteiger partial charge in [-0.2, -0.15) is 0 Å². The molecule has 0 atom stereocenters. The number of pyridine rings is 1. The summed E-state index contributed by atoms with van der Waals surface area (Å²) in [4.78, 5) is 30.8. The molecule has 7 nitrogen and oxygen atoms in total. The highest BCUT2D eigenvalue weighted by atomic mass is 32.1. The maximum atomic E-state index is 12.0. The first kappa shape index (κ1) is 19.2. The van der Waals surface area contributed by atoms with E-state index in [0.29, 0.717) is 31.9 Å². The molecule has 1 aliphatic rings. The number of likely N-dealkylation sites (tertiary alicyclic amines) is 1. The average molecular weight is 388 g/mol. The van der Waals surface area contributed by atoms with Crippen molar-refractivity contribution in [3.8, 4) is 0 Å². The Morgan fingerprint density at radius 2 is 2.11 bits per heavy atom. The lowest BCUT2D eigenvalue weighted by molar-refractivity contribution is -0.115. The van der Waals surface area contributed by atoms with E-state index < -0.39 is 0 Å². The van der Waals surface area contributed by atoms with Crippen molar-refractivity contribution >= 4 is 34.8 Å². The molecule has 1 aliphatic heterocycles. The number of nitrogens with zero attached hydrogens (tertiary/aromatic N) is 2. The zero-order valence-electron chi connectivity index (χ0n) is 15.3. The molecule has 144 valence electrons. The molecular weight excluding hydrogens is 364 g/mol. The van der Waals surface area contributed by atoms with Crippen LogP contribution in [0, 0.1) is 0 Å². The zero-order valence-corrected chi connectivity index (χ0v) is 16.1. The van der Waals surface area contributed by atoms with E-state index in [-0.39, 0.29) is 18.0 Å². The standard InChI is InChI=1S/C19H24N4O3S/c1-2-26-19(25)23-9-7-14(8-10-23)21-15-5-6-17(20-13-15)22-18(24)12-16-4-3-11-27-16/h3-6,11,13-14,21H,2,7-10,12H2,1H3,(H,20,22,24). The second-order valence-electron chi connectivity index (χ2n) is 6.34. The molecule has 0 aromatic carbocycles. The second kappa shape index (κ2) is 9.36. The van der Waals surface area contributed by atoms with Crippen LogP contribution in [0.3, 0.4) is 0 Å². The van der Waals surface area contributed by atoms with Gasteiger partial charge >= 0.3 is 6.09 Å². The molecule has 0 bridgehead atoms. The smallest absolute Gasteiger partial charge is 0.409 e. The average Bonchev–Trinajstić information content (AvgIpc) is 3.17. The number of anilines is 2. The molecular formula is C19H24N4O3S. The van der Waals surface area contributed by atoms with Gasteiger partial charge in [-0.25, -0.2) is 9.78 Å². The molecule has 0 radical (unpaired) electrons. The quantitative estimate of drug-likeness (QED) is 0.793. The fourth-order valence-electron chi connectivity index (χ4n) is 2.97. The molecule has 2 N–H and O–H groups in total. The summed E-state index contributed by atoms with van der Waals surface area (Å²) >= 11 is 1.56. The fraction of sp³-hybridized carbons (Fsp3) is 0.421. The molecule has 2 amide bonds. The van der Waals surface area contributed by atoms with Crippen molar-refractivity contribution in [2.24, 2.45) is 0 Å². The van der Waals surface area contributed by atoms with Crippen LogP contribution in [0.25, 0.3) is 0 Å². The number of thiophene rings is 1. The topological polar surface area (TPSA) is 83.6 Å². The van der Waals surface area contributed by atoms with Crippen LogP contribution < -0.4 is 10.6 Å². The van der Waals surface area contributed by atoms with E-state index in [9.17, 15) is 9.59 Å². The van der Waals surface area contributed by atoms with E-state index in [1.54, 1.807) is 28.5 Å². The van der Waals surface area contributed by atoms with Gasteiger partial charge in [0.15, 0.2) is 0 Å². The van der Waals surface area contributed by atoms with Crippen molar-refractivity contribution in [2.45, 2.75) is 32.2 Å². The van der Waals surface area contributed by atoms with Crippen molar-refractivity contribution < 1.29 is 14.3 Å². The van der Waals surface area contributed by atoms with Gasteiger partial charge in [0, 0.05) is 24.0 Å². The molecule has 8 heteroatoms. The summed E-state index contributed by atoms with van der Waals surface area (Å²) < 4.78 is 5.04. The number of aromatic nitrogens is 1. The number of nitrogens with one attached hydrogen (secondary N) is 2. The van der Waals surface area contributed by atoms with Gasteiger partial charge in [-0.3, -0.25) is 4.79 Å². The molecule has 3 rings (SSSR count). The van der Waals surface area contributed by atoms with Gasteiger partial charge in [-0.15, -0.1) is 11.3 Å². The Morgan fingerprint density at radius 1 is 1.30 bits per heavy atom. The monoisotopic (exact) mass is 388 g/mol. The third-order valence-corrected chi connectivity index (χ3v) is 5.21. The normalized spacial score (nSPS) is 14.6. The van der Waals surface area contributed by atoms with Gasteiger partial charge in [0.25, 0.3) is 0 Å². The highest BCUT2D eigenvalue weighted by Crippen LogP contribution is 2.18. The predicted molar refractivity (Wildman–Crippen MR) is 106 cm³/mol. The Hall–Kier alpha value is -2.61. The van der Waals surface area contributed by atoms with Crippen LogP contribution in [-0.2, 0) is 16.0 Å². The highest BCUT2D eigenvalue weighted by molar-refractivity contribution is 7.10. The van der Waals surface area contributed by atoms with E-state index >= 15 is 0 Å². The van der Waals surface area contributed by atoms with Crippen molar-refractivity contribution in [1.29, 1.82) is 0 Å². The Balaban J connectivity index is 1.44. The summed E-state index contributed by atoms with van der Waals surface area (Å²) in [5.41, 5.74) is 0.904. The summed E-state index contributed by atoms with van der Waals surface area (Å²) in [5.74, 6) is 0.469. The van der Waals surface area contributed by atoms with E-state index in [4.69, 9.17) is 4.74 Å². The number of hydrogen-bond donors (Lipinski definition) is 2. The highest BCUT2D eigenvalue weighted by Gasteiger charge is 2.23. The minimum atomic E-state index is -0.236. The molecule has 0 saturated carbocycles. The van der Waals surface area contributed by atoms with E-state index in [2.05, 4.69) is 15.6 Å². The molecule has 3 heterocycles. The zero-order chi connectivity index (χ0) is 19.1. The van der Waals surface area contributed by atoms with Crippen LogP contribution in [0.4, 0.5) is 16.3 Å². The van der Waals surface area contributed by atoms with E-state index in [1.807, 2.05) is 30.5 Å². The molecule has 0 unspecified atom stereocenters. The Kier molecular flexibility index (Phi) is 6.64. The number of carbonyl (C=O) groups is 2. The lowest BCUT2D eigenvalue weighted by Gasteiger charge is -2.32. The summed E-state index contributed by atoms with van der Waals surface area (Å²) in [7, 11) is 0. The molecule has 1 fully saturated rings. The number of carbonyl (C=O) groups excluding carboxylic acids is 2. The van der Waals surface area contributed by atoms with Crippen LogP contribution in [-0.4, -0.2) is 47.6 Å². The van der Waals surface area contributed by atoms with Crippen molar-refractivity contribution in [1.82, 2.24) is 9.88 Å². The molecule has 1 saturated heterocycles. The summed E-state index contributed by atoms with van der Waals surface area (Å²) in [6, 6.07) is 7.87. The van der Waals surface area contributed by atoms with E-state index in [1.165, 1.54) is 0 Å². The fourth-order valence-corrected chi connectivity index (χ4v) is 3.67. The third-order valence-electron chi connectivity index (χ3n) is 4.34. The number of rotatable bonds is 6. The van der Waals surface area contributed by atoms with Crippen LogP contribution in [0.2, 0.25) is 0 Å². The Morgan fingerprint density at radius 3 is 2.74 bits per heavy atom. The molecule has 27 heavy (non-hydrogen) atoms. The van der Waals surface area contributed by atoms with Gasteiger partial charge in [0.2, 0.25) is 5.91 Å². The minimum absolute atomic E-state index is 0.0722. The van der Waals surface area contributed by atoms with Crippen LogP contribution >= 0.6 is 11.3 Å². The Bertz CT molecular complexity index is 741. The lowest BCUT2D eigenvalue weighted by atomic mass is 10.1. The SMILES string of the molecule is CCOC(=O)N1CCC(Nc2ccc(NC(=O)Cc3cccs3)nc2)CC1. The van der Waals surface area contributed by atoms with Crippen LogP contribution in [0.1, 0.15) is 24.6 Å². The van der Waals surface area contributed by atoms with Crippen molar-refractivity contribution in [3.05, 3.63) is 40.7 Å². The van der Waals surface area contributed by atoms with Crippen LogP contribution in [0.15, 0.2) is 35.8 Å². The third kappa shape index (κ3) is 5.68. The predicted octanol–water partition coefficient (Wildman–Crippen LogP) is 3.36. The van der Waals surface area contributed by atoms with Gasteiger partial charge in [0.05, 0.1) is 24.9 Å². The number of piperidine rings is 1. The van der Waals surface area contributed by atoms with Gasteiger partial charge in [-0.1, -0.05) is 6.07 Å². The van der Waals surface area contributed by atoms with Crippen molar-refractivity contribution in [3.63, 3.8) is 0 Å². The van der Waals surface area contributed by atoms with Crippen LogP contribution in [0.5, 0.6) is 0 Å². The molecule has 0 aliphatic carbocycles. The Labute approximate surface area is 162 Å². The molecule has 2 aromatic rings. The van der Waals surface area contributed by atoms with Gasteiger partial charge in [0.1, 0.15) is 5.82 Å². The first-order chi connectivity index (χ1) is 13.1. The largest absolute Gasteiger partial charge is 0.450 e. The first-order valence-electron chi connectivity index (χ1n) is 9.10. The van der Waals surface area contributed by atoms with Gasteiger partial charge in [-0.05, 0) is 43.3 Å².